The molecule has 0 aliphatic heterocycles. The molecular weight excluding hydrogens is 245 g/mol. The number of benzene rings is 2. The number of rotatable bonds is 4. The van der Waals surface area contributed by atoms with Crippen LogP contribution in [0.1, 0.15) is 17.2 Å². The summed E-state index contributed by atoms with van der Waals surface area (Å²) in [6.07, 6.45) is 0. The van der Waals surface area contributed by atoms with E-state index in [0.29, 0.717) is 5.56 Å². The minimum atomic E-state index is -0.899. The van der Waals surface area contributed by atoms with Crippen LogP contribution < -0.4 is 5.73 Å². The lowest BCUT2D eigenvalue weighted by atomic mass is 10.1. The molecule has 0 bridgehead atoms. The van der Waals surface area contributed by atoms with E-state index in [1.165, 1.54) is 24.3 Å². The molecule has 0 saturated heterocycles. The van der Waals surface area contributed by atoms with Crippen molar-refractivity contribution in [1.29, 1.82) is 0 Å². The Morgan fingerprint density at radius 2 is 1.74 bits per heavy atom. The Morgan fingerprint density at radius 3 is 2.37 bits per heavy atom. The summed E-state index contributed by atoms with van der Waals surface area (Å²) in [6.45, 7) is 0.175. The van der Waals surface area contributed by atoms with Crippen molar-refractivity contribution in [3.05, 3.63) is 71.5 Å². The fourth-order valence-corrected chi connectivity index (χ4v) is 1.62. The van der Waals surface area contributed by atoms with E-state index >= 15 is 0 Å². The molecule has 2 aromatic carbocycles. The van der Waals surface area contributed by atoms with Crippen LogP contribution in [-0.2, 0) is 16.1 Å². The van der Waals surface area contributed by atoms with E-state index in [1.54, 1.807) is 0 Å². The number of ether oxygens (including phenoxy) is 1. The first kappa shape index (κ1) is 13.2. The lowest BCUT2D eigenvalue weighted by Crippen LogP contribution is -2.23. The van der Waals surface area contributed by atoms with Crippen LogP contribution in [0.15, 0.2) is 54.6 Å². The van der Waals surface area contributed by atoms with Crippen molar-refractivity contribution in [1.82, 2.24) is 0 Å². The Hall–Kier alpha value is -2.20. The molecule has 0 aliphatic carbocycles. The third-order valence-corrected chi connectivity index (χ3v) is 2.71. The molecule has 1 unspecified atom stereocenters. The topological polar surface area (TPSA) is 52.3 Å². The van der Waals surface area contributed by atoms with Crippen molar-refractivity contribution >= 4 is 5.97 Å². The molecule has 1 atom stereocenters. The van der Waals surface area contributed by atoms with Gasteiger partial charge in [0.1, 0.15) is 18.5 Å². The van der Waals surface area contributed by atoms with Gasteiger partial charge in [0.2, 0.25) is 0 Å². The molecule has 0 saturated carbocycles. The minimum absolute atomic E-state index is 0.175. The normalized spacial score (nSPS) is 11.9. The fourth-order valence-electron chi connectivity index (χ4n) is 1.62. The van der Waals surface area contributed by atoms with Gasteiger partial charge in [0, 0.05) is 0 Å². The molecular formula is C15H14FNO2. The van der Waals surface area contributed by atoms with Crippen LogP contribution >= 0.6 is 0 Å². The van der Waals surface area contributed by atoms with Crippen molar-refractivity contribution in [2.45, 2.75) is 12.6 Å². The molecule has 3 nitrogen and oxygen atoms in total. The molecule has 2 N–H and O–H groups in total. The standard InChI is InChI=1S/C15H14FNO2/c16-13-8-6-12(7-9-13)14(17)15(18)19-10-11-4-2-1-3-5-11/h1-9,14H,10,17H2. The summed E-state index contributed by atoms with van der Waals surface area (Å²) in [5.74, 6) is -0.899. The Labute approximate surface area is 110 Å². The van der Waals surface area contributed by atoms with E-state index in [-0.39, 0.29) is 12.4 Å². The Morgan fingerprint density at radius 1 is 1.11 bits per heavy atom. The zero-order valence-electron chi connectivity index (χ0n) is 10.3. The zero-order chi connectivity index (χ0) is 13.7. The molecule has 0 heterocycles. The van der Waals surface area contributed by atoms with Gasteiger partial charge in [0.15, 0.2) is 0 Å². The predicted octanol–water partition coefficient (Wildman–Crippen LogP) is 2.57. The molecule has 98 valence electrons. The van der Waals surface area contributed by atoms with Crippen molar-refractivity contribution in [3.63, 3.8) is 0 Å². The highest BCUT2D eigenvalue weighted by molar-refractivity contribution is 5.77. The summed E-state index contributed by atoms with van der Waals surface area (Å²) in [5.41, 5.74) is 7.17. The Balaban J connectivity index is 1.94. The first-order valence-corrected chi connectivity index (χ1v) is 5.88. The maximum Gasteiger partial charge on any atom is 0.327 e. The van der Waals surface area contributed by atoms with Crippen LogP contribution in [-0.4, -0.2) is 5.97 Å². The van der Waals surface area contributed by atoms with Gasteiger partial charge >= 0.3 is 5.97 Å². The van der Waals surface area contributed by atoms with Crippen LogP contribution in [0.5, 0.6) is 0 Å². The smallest absolute Gasteiger partial charge is 0.327 e. The summed E-state index contributed by atoms with van der Waals surface area (Å²) < 4.78 is 17.9. The van der Waals surface area contributed by atoms with Gasteiger partial charge in [-0.05, 0) is 23.3 Å². The molecule has 0 amide bonds. The first-order valence-electron chi connectivity index (χ1n) is 5.88. The zero-order valence-corrected chi connectivity index (χ0v) is 10.3. The molecule has 2 aromatic rings. The summed E-state index contributed by atoms with van der Waals surface area (Å²) in [6, 6.07) is 13.9. The Bertz CT molecular complexity index is 540. The van der Waals surface area contributed by atoms with Gasteiger partial charge in [-0.2, -0.15) is 0 Å². The van der Waals surface area contributed by atoms with Gasteiger partial charge in [-0.25, -0.2) is 9.18 Å². The van der Waals surface area contributed by atoms with E-state index in [2.05, 4.69) is 0 Å². The summed E-state index contributed by atoms with van der Waals surface area (Å²) in [4.78, 5) is 11.8. The second-order valence-corrected chi connectivity index (χ2v) is 4.12. The largest absolute Gasteiger partial charge is 0.459 e. The molecule has 2 rings (SSSR count). The second kappa shape index (κ2) is 6.11. The lowest BCUT2D eigenvalue weighted by molar-refractivity contribution is -0.146. The summed E-state index contributed by atoms with van der Waals surface area (Å²) in [7, 11) is 0. The van der Waals surface area contributed by atoms with Gasteiger partial charge in [0.25, 0.3) is 0 Å². The van der Waals surface area contributed by atoms with Crippen molar-refractivity contribution in [2.24, 2.45) is 5.73 Å². The molecule has 0 aromatic heterocycles. The van der Waals surface area contributed by atoms with Crippen molar-refractivity contribution < 1.29 is 13.9 Å². The number of esters is 1. The SMILES string of the molecule is NC(C(=O)OCc1ccccc1)c1ccc(F)cc1. The highest BCUT2D eigenvalue weighted by Crippen LogP contribution is 2.13. The van der Waals surface area contributed by atoms with Gasteiger partial charge in [-0.1, -0.05) is 42.5 Å². The van der Waals surface area contributed by atoms with E-state index in [4.69, 9.17) is 10.5 Å². The number of hydrogen-bond acceptors (Lipinski definition) is 3. The van der Waals surface area contributed by atoms with E-state index in [1.807, 2.05) is 30.3 Å². The number of halogens is 1. The summed E-state index contributed by atoms with van der Waals surface area (Å²) in [5, 5.41) is 0. The molecule has 0 fully saturated rings. The van der Waals surface area contributed by atoms with E-state index in [9.17, 15) is 9.18 Å². The maximum atomic E-state index is 12.8. The molecule has 19 heavy (non-hydrogen) atoms. The molecule has 4 heteroatoms. The van der Waals surface area contributed by atoms with Crippen molar-refractivity contribution in [3.8, 4) is 0 Å². The molecule has 0 radical (unpaired) electrons. The van der Waals surface area contributed by atoms with Gasteiger partial charge in [-0.3, -0.25) is 0 Å². The highest BCUT2D eigenvalue weighted by atomic mass is 19.1. The van der Waals surface area contributed by atoms with Crippen LogP contribution in [0.3, 0.4) is 0 Å². The number of nitrogens with two attached hydrogens (primary N) is 1. The lowest BCUT2D eigenvalue weighted by Gasteiger charge is -2.11. The van der Waals surface area contributed by atoms with E-state index < -0.39 is 12.0 Å². The third kappa shape index (κ3) is 3.63. The second-order valence-electron chi connectivity index (χ2n) is 4.12. The molecule has 0 aliphatic rings. The average molecular weight is 259 g/mol. The molecule has 0 spiro atoms. The van der Waals surface area contributed by atoms with Crippen molar-refractivity contribution in [2.75, 3.05) is 0 Å². The Kier molecular flexibility index (Phi) is 4.26. The van der Waals surface area contributed by atoms with Gasteiger partial charge in [0.05, 0.1) is 0 Å². The predicted molar refractivity (Wildman–Crippen MR) is 69.6 cm³/mol. The van der Waals surface area contributed by atoms with Crippen LogP contribution in [0.4, 0.5) is 4.39 Å². The number of carbonyl (C=O) groups excluding carboxylic acids is 1. The highest BCUT2D eigenvalue weighted by Gasteiger charge is 2.17. The minimum Gasteiger partial charge on any atom is -0.459 e. The maximum absolute atomic E-state index is 12.8. The summed E-state index contributed by atoms with van der Waals surface area (Å²) >= 11 is 0. The first-order chi connectivity index (χ1) is 9.16. The monoisotopic (exact) mass is 259 g/mol. The van der Waals surface area contributed by atoms with Crippen LogP contribution in [0, 0.1) is 5.82 Å². The quantitative estimate of drug-likeness (QED) is 0.858. The number of hydrogen-bond donors (Lipinski definition) is 1. The van der Waals surface area contributed by atoms with E-state index in [0.717, 1.165) is 5.56 Å². The third-order valence-electron chi connectivity index (χ3n) is 2.71. The van der Waals surface area contributed by atoms with Crippen LogP contribution in [0.25, 0.3) is 0 Å². The van der Waals surface area contributed by atoms with Crippen LogP contribution in [0.2, 0.25) is 0 Å². The van der Waals surface area contributed by atoms with Gasteiger partial charge in [-0.15, -0.1) is 0 Å². The fraction of sp³-hybridized carbons (Fsp3) is 0.133. The number of carbonyl (C=O) groups is 1. The van der Waals surface area contributed by atoms with Gasteiger partial charge < -0.3 is 10.5 Å². The average Bonchev–Trinajstić information content (AvgIpc) is 2.46.